The molecule has 0 aliphatic carbocycles. The average Bonchev–Trinajstić information content (AvgIpc) is 3.23. The Bertz CT molecular complexity index is 942. The molecule has 0 radical (unpaired) electrons. The molecule has 2 aromatic heterocycles. The molecule has 1 atom stereocenters. The molecule has 1 aliphatic rings. The van der Waals surface area contributed by atoms with Gasteiger partial charge in [0.15, 0.2) is 0 Å². The highest BCUT2D eigenvalue weighted by molar-refractivity contribution is 7.90. The first-order valence-electron chi connectivity index (χ1n) is 7.65. The van der Waals surface area contributed by atoms with Gasteiger partial charge >= 0.3 is 0 Å². The number of rotatable bonds is 3. The van der Waals surface area contributed by atoms with Crippen LogP contribution in [0.2, 0.25) is 0 Å². The summed E-state index contributed by atoms with van der Waals surface area (Å²) >= 11 is 0. The van der Waals surface area contributed by atoms with Crippen molar-refractivity contribution in [3.05, 3.63) is 60.4 Å². The van der Waals surface area contributed by atoms with Gasteiger partial charge in [-0.05, 0) is 37.2 Å². The largest absolute Gasteiger partial charge is 0.316 e. The minimum absolute atomic E-state index is 0.289. The molecule has 0 spiro atoms. The van der Waals surface area contributed by atoms with E-state index in [-0.39, 0.29) is 4.90 Å². The van der Waals surface area contributed by atoms with E-state index >= 15 is 0 Å². The van der Waals surface area contributed by atoms with Crippen LogP contribution in [0.15, 0.2) is 59.8 Å². The van der Waals surface area contributed by atoms with Crippen LogP contribution < -0.4 is 5.32 Å². The second kappa shape index (κ2) is 5.47. The summed E-state index contributed by atoms with van der Waals surface area (Å²) in [6, 6.07) is 12.1. The minimum Gasteiger partial charge on any atom is -0.316 e. The number of fused-ring (bicyclic) bond motifs is 1. The Balaban J connectivity index is 1.94. The summed E-state index contributed by atoms with van der Waals surface area (Å²) < 4.78 is 27.4. The molecule has 1 saturated heterocycles. The van der Waals surface area contributed by atoms with Crippen LogP contribution in [0.4, 0.5) is 0 Å². The Hall–Kier alpha value is -2.18. The normalized spacial score (nSPS) is 18.5. The Morgan fingerprint density at radius 1 is 1.13 bits per heavy atom. The van der Waals surface area contributed by atoms with Crippen molar-refractivity contribution in [2.24, 2.45) is 0 Å². The summed E-state index contributed by atoms with van der Waals surface area (Å²) in [6.07, 6.45) is 4.46. The number of hydrogen-bond donors (Lipinski definition) is 1. The average molecular weight is 327 g/mol. The van der Waals surface area contributed by atoms with Crippen LogP contribution in [-0.4, -0.2) is 30.5 Å². The number of pyridine rings is 1. The molecule has 1 N–H and O–H groups in total. The first-order valence-corrected chi connectivity index (χ1v) is 9.09. The fraction of sp³-hybridized carbons (Fsp3) is 0.235. The SMILES string of the molecule is O=S(=O)(c1ccccc1)n1cc(C2CCNC2)c2ncccc21. The molecule has 4 rings (SSSR count). The van der Waals surface area contributed by atoms with E-state index in [0.29, 0.717) is 11.4 Å². The molecular formula is C17H17N3O2S. The second-order valence-electron chi connectivity index (χ2n) is 5.76. The molecule has 0 bridgehead atoms. The van der Waals surface area contributed by atoms with Crippen molar-refractivity contribution in [3.63, 3.8) is 0 Å². The zero-order valence-corrected chi connectivity index (χ0v) is 13.3. The molecule has 5 nitrogen and oxygen atoms in total. The third kappa shape index (κ3) is 2.34. The van der Waals surface area contributed by atoms with Crippen molar-refractivity contribution in [3.8, 4) is 0 Å². The molecule has 1 unspecified atom stereocenters. The van der Waals surface area contributed by atoms with E-state index in [1.807, 2.05) is 12.1 Å². The molecule has 1 aliphatic heterocycles. The van der Waals surface area contributed by atoms with Gasteiger partial charge < -0.3 is 5.32 Å². The van der Waals surface area contributed by atoms with E-state index in [2.05, 4.69) is 10.3 Å². The molecule has 3 aromatic rings. The van der Waals surface area contributed by atoms with Crippen molar-refractivity contribution in [1.29, 1.82) is 0 Å². The van der Waals surface area contributed by atoms with Gasteiger partial charge in [-0.15, -0.1) is 0 Å². The van der Waals surface area contributed by atoms with Gasteiger partial charge in [-0.3, -0.25) is 4.98 Å². The summed E-state index contributed by atoms with van der Waals surface area (Å²) in [6.45, 7) is 1.82. The number of benzene rings is 1. The van der Waals surface area contributed by atoms with Gasteiger partial charge in [0.25, 0.3) is 10.0 Å². The van der Waals surface area contributed by atoms with E-state index in [4.69, 9.17) is 0 Å². The molecule has 1 aromatic carbocycles. The lowest BCUT2D eigenvalue weighted by atomic mass is 10.0. The van der Waals surface area contributed by atoms with Crippen molar-refractivity contribution >= 4 is 21.1 Å². The van der Waals surface area contributed by atoms with Crippen molar-refractivity contribution in [2.75, 3.05) is 13.1 Å². The molecule has 0 amide bonds. The molecule has 118 valence electrons. The van der Waals surface area contributed by atoms with E-state index in [1.165, 1.54) is 3.97 Å². The van der Waals surface area contributed by atoms with Gasteiger partial charge in [-0.2, -0.15) is 0 Å². The molecule has 1 fully saturated rings. The van der Waals surface area contributed by atoms with Gasteiger partial charge in [-0.1, -0.05) is 18.2 Å². The summed E-state index contributed by atoms with van der Waals surface area (Å²) in [5, 5.41) is 3.33. The van der Waals surface area contributed by atoms with Crippen LogP contribution in [0.5, 0.6) is 0 Å². The quantitative estimate of drug-likeness (QED) is 0.802. The lowest BCUT2D eigenvalue weighted by molar-refractivity contribution is 0.588. The van der Waals surface area contributed by atoms with Crippen molar-refractivity contribution < 1.29 is 8.42 Å². The smallest absolute Gasteiger partial charge is 0.268 e. The van der Waals surface area contributed by atoms with Crippen LogP contribution in [-0.2, 0) is 10.0 Å². The maximum atomic E-state index is 13.0. The predicted octanol–water partition coefficient (Wildman–Crippen LogP) is 2.35. The summed E-state index contributed by atoms with van der Waals surface area (Å²) in [7, 11) is -3.62. The fourth-order valence-electron chi connectivity index (χ4n) is 3.18. The fourth-order valence-corrected chi connectivity index (χ4v) is 4.56. The third-order valence-corrected chi connectivity index (χ3v) is 6.04. The van der Waals surface area contributed by atoms with Gasteiger partial charge in [0.2, 0.25) is 0 Å². The first-order chi connectivity index (χ1) is 11.2. The highest BCUT2D eigenvalue weighted by Crippen LogP contribution is 2.32. The Morgan fingerprint density at radius 2 is 1.96 bits per heavy atom. The zero-order chi connectivity index (χ0) is 15.9. The first kappa shape index (κ1) is 14.4. The number of nitrogens with one attached hydrogen (secondary N) is 1. The number of nitrogens with zero attached hydrogens (tertiary/aromatic N) is 2. The summed E-state index contributed by atoms with van der Waals surface area (Å²) in [5.41, 5.74) is 2.42. The molecule has 6 heteroatoms. The lowest BCUT2D eigenvalue weighted by Crippen LogP contribution is -2.12. The van der Waals surface area contributed by atoms with E-state index in [1.54, 1.807) is 42.7 Å². The van der Waals surface area contributed by atoms with Gasteiger partial charge in [0.05, 0.1) is 15.9 Å². The lowest BCUT2D eigenvalue weighted by Gasteiger charge is -2.07. The highest BCUT2D eigenvalue weighted by Gasteiger charge is 2.26. The Kier molecular flexibility index (Phi) is 3.43. The molecule has 3 heterocycles. The Labute approximate surface area is 135 Å². The molecule has 0 saturated carbocycles. The highest BCUT2D eigenvalue weighted by atomic mass is 32.2. The van der Waals surface area contributed by atoms with Crippen LogP contribution >= 0.6 is 0 Å². The number of aromatic nitrogens is 2. The topological polar surface area (TPSA) is 64.0 Å². The minimum atomic E-state index is -3.62. The van der Waals surface area contributed by atoms with Crippen LogP contribution in [0.3, 0.4) is 0 Å². The van der Waals surface area contributed by atoms with Crippen LogP contribution in [0.25, 0.3) is 11.0 Å². The van der Waals surface area contributed by atoms with Crippen molar-refractivity contribution in [2.45, 2.75) is 17.2 Å². The summed E-state index contributed by atoms with van der Waals surface area (Å²) in [4.78, 5) is 4.73. The number of hydrogen-bond acceptors (Lipinski definition) is 4. The second-order valence-corrected chi connectivity index (χ2v) is 7.57. The third-order valence-electron chi connectivity index (χ3n) is 4.35. The predicted molar refractivity (Wildman–Crippen MR) is 89.0 cm³/mol. The van der Waals surface area contributed by atoms with Crippen LogP contribution in [0, 0.1) is 0 Å². The maximum absolute atomic E-state index is 13.0. The maximum Gasteiger partial charge on any atom is 0.268 e. The van der Waals surface area contributed by atoms with Gasteiger partial charge in [-0.25, -0.2) is 12.4 Å². The van der Waals surface area contributed by atoms with Crippen molar-refractivity contribution in [1.82, 2.24) is 14.3 Å². The summed E-state index contributed by atoms with van der Waals surface area (Å²) in [5.74, 6) is 0.305. The van der Waals surface area contributed by atoms with Crippen LogP contribution in [0.1, 0.15) is 17.9 Å². The Morgan fingerprint density at radius 3 is 2.70 bits per heavy atom. The van der Waals surface area contributed by atoms with Gasteiger partial charge in [0, 0.05) is 30.4 Å². The standard InChI is InChI=1S/C17H17N3O2S/c21-23(22,14-5-2-1-3-6-14)20-12-15(13-8-10-18-11-13)17-16(20)7-4-9-19-17/h1-7,9,12-13,18H,8,10-11H2. The van der Waals surface area contributed by atoms with Gasteiger partial charge in [0.1, 0.15) is 0 Å². The van der Waals surface area contributed by atoms with E-state index in [0.717, 1.165) is 30.6 Å². The van der Waals surface area contributed by atoms with E-state index < -0.39 is 10.0 Å². The van der Waals surface area contributed by atoms with E-state index in [9.17, 15) is 8.42 Å². The molecule has 23 heavy (non-hydrogen) atoms. The molecular weight excluding hydrogens is 310 g/mol. The zero-order valence-electron chi connectivity index (χ0n) is 12.5. The monoisotopic (exact) mass is 327 g/mol.